The number of anilines is 3. The van der Waals surface area contributed by atoms with Crippen molar-refractivity contribution in [3.8, 4) is 0 Å². The van der Waals surface area contributed by atoms with E-state index in [0.717, 1.165) is 16.0 Å². The van der Waals surface area contributed by atoms with Crippen LogP contribution in [-0.2, 0) is 14.3 Å². The second-order valence-electron chi connectivity index (χ2n) is 8.38. The van der Waals surface area contributed by atoms with Crippen molar-refractivity contribution in [1.29, 1.82) is 0 Å². The van der Waals surface area contributed by atoms with Gasteiger partial charge in [0.25, 0.3) is 17.7 Å². The highest BCUT2D eigenvalue weighted by atomic mass is 16.5. The maximum atomic E-state index is 13.0. The molecule has 0 atom stereocenters. The molecule has 1 heterocycles. The van der Waals surface area contributed by atoms with Crippen LogP contribution in [0.4, 0.5) is 17.1 Å². The Bertz CT molecular complexity index is 1410. The fraction of sp³-hybridized carbons (Fsp3) is 0.148. The van der Waals surface area contributed by atoms with E-state index in [2.05, 4.69) is 10.6 Å². The smallest absolute Gasteiger partial charge is 0.338 e. The number of ether oxygens (including phenoxy) is 1. The van der Waals surface area contributed by atoms with Crippen molar-refractivity contribution in [2.75, 3.05) is 22.1 Å². The van der Waals surface area contributed by atoms with E-state index in [9.17, 15) is 24.0 Å². The van der Waals surface area contributed by atoms with Gasteiger partial charge >= 0.3 is 5.97 Å². The van der Waals surface area contributed by atoms with Gasteiger partial charge < -0.3 is 15.4 Å². The molecular formula is C27H23N3O6. The van der Waals surface area contributed by atoms with Crippen LogP contribution < -0.4 is 15.5 Å². The minimum Gasteiger partial charge on any atom is -0.452 e. The van der Waals surface area contributed by atoms with Crippen LogP contribution in [0.2, 0.25) is 0 Å². The molecule has 9 nitrogen and oxygen atoms in total. The quantitative estimate of drug-likeness (QED) is 0.404. The van der Waals surface area contributed by atoms with Gasteiger partial charge in [0.2, 0.25) is 5.91 Å². The number of benzene rings is 3. The number of carbonyl (C=O) groups excluding carboxylic acids is 5. The van der Waals surface area contributed by atoms with E-state index >= 15 is 0 Å². The highest BCUT2D eigenvalue weighted by Gasteiger charge is 2.37. The molecule has 0 saturated carbocycles. The summed E-state index contributed by atoms with van der Waals surface area (Å²) >= 11 is 0. The number of nitrogens with one attached hydrogen (secondary N) is 2. The lowest BCUT2D eigenvalue weighted by atomic mass is 10.1. The number of hydrogen-bond donors (Lipinski definition) is 2. The van der Waals surface area contributed by atoms with Gasteiger partial charge in [-0.3, -0.25) is 19.2 Å². The normalized spacial score (nSPS) is 12.2. The Balaban J connectivity index is 1.44. The van der Waals surface area contributed by atoms with E-state index in [4.69, 9.17) is 4.74 Å². The summed E-state index contributed by atoms with van der Waals surface area (Å²) in [4.78, 5) is 62.8. The van der Waals surface area contributed by atoms with Crippen molar-refractivity contribution in [2.45, 2.75) is 20.8 Å². The largest absolute Gasteiger partial charge is 0.452 e. The third-order valence-electron chi connectivity index (χ3n) is 5.57. The molecule has 0 spiro atoms. The second-order valence-corrected chi connectivity index (χ2v) is 8.38. The van der Waals surface area contributed by atoms with Crippen molar-refractivity contribution < 1.29 is 28.7 Å². The van der Waals surface area contributed by atoms with E-state index < -0.39 is 30.3 Å². The number of nitrogens with zero attached hydrogens (tertiary/aromatic N) is 1. The van der Waals surface area contributed by atoms with Crippen LogP contribution in [0.15, 0.2) is 60.7 Å². The molecule has 0 aliphatic carbocycles. The lowest BCUT2D eigenvalue weighted by Crippen LogP contribution is -2.29. The molecule has 4 amide bonds. The summed E-state index contributed by atoms with van der Waals surface area (Å²) in [5.41, 5.74) is 3.56. The van der Waals surface area contributed by atoms with Crippen LogP contribution in [0.1, 0.15) is 49.1 Å². The molecule has 0 bridgehead atoms. The van der Waals surface area contributed by atoms with Gasteiger partial charge in [-0.25, -0.2) is 9.69 Å². The van der Waals surface area contributed by atoms with Gasteiger partial charge in [-0.1, -0.05) is 12.1 Å². The third-order valence-corrected chi connectivity index (χ3v) is 5.57. The molecule has 0 aromatic heterocycles. The molecule has 4 rings (SSSR count). The van der Waals surface area contributed by atoms with Gasteiger partial charge in [0.1, 0.15) is 0 Å². The fourth-order valence-electron chi connectivity index (χ4n) is 3.77. The molecule has 0 unspecified atom stereocenters. The van der Waals surface area contributed by atoms with E-state index in [0.29, 0.717) is 17.1 Å². The fourth-order valence-corrected chi connectivity index (χ4v) is 3.77. The van der Waals surface area contributed by atoms with Crippen LogP contribution >= 0.6 is 0 Å². The first-order valence-electron chi connectivity index (χ1n) is 11.1. The van der Waals surface area contributed by atoms with E-state index in [1.807, 2.05) is 32.0 Å². The second kappa shape index (κ2) is 9.83. The van der Waals surface area contributed by atoms with Gasteiger partial charge in [0.05, 0.1) is 22.4 Å². The van der Waals surface area contributed by atoms with Crippen molar-refractivity contribution in [2.24, 2.45) is 0 Å². The Morgan fingerprint density at radius 2 is 1.53 bits per heavy atom. The standard InChI is InChI=1S/C27H23N3O6/c1-15-4-5-16(2)23(12-15)29-24(32)14-36-27(35)18-6-11-21-22(13-18)26(34)30(25(21)33)20-9-7-19(8-10-20)28-17(3)31/h4-13H,14H2,1-3H3,(H,28,31)(H,29,32). The molecule has 3 aromatic rings. The predicted molar refractivity (Wildman–Crippen MR) is 133 cm³/mol. The van der Waals surface area contributed by atoms with Crippen molar-refractivity contribution in [3.05, 3.63) is 88.5 Å². The van der Waals surface area contributed by atoms with Crippen LogP contribution in [0.3, 0.4) is 0 Å². The molecule has 182 valence electrons. The monoisotopic (exact) mass is 485 g/mol. The summed E-state index contributed by atoms with van der Waals surface area (Å²) in [5.74, 6) is -2.67. The number of imide groups is 1. The molecular weight excluding hydrogens is 462 g/mol. The summed E-state index contributed by atoms with van der Waals surface area (Å²) in [6.45, 7) is 4.61. The summed E-state index contributed by atoms with van der Waals surface area (Å²) in [5, 5.41) is 5.32. The molecule has 9 heteroatoms. The first-order valence-corrected chi connectivity index (χ1v) is 11.1. The zero-order valence-electron chi connectivity index (χ0n) is 19.9. The van der Waals surface area contributed by atoms with Crippen molar-refractivity contribution >= 4 is 46.7 Å². The highest BCUT2D eigenvalue weighted by Crippen LogP contribution is 2.30. The van der Waals surface area contributed by atoms with Gasteiger partial charge in [-0.2, -0.15) is 0 Å². The average molecular weight is 485 g/mol. The van der Waals surface area contributed by atoms with Crippen LogP contribution in [-0.4, -0.2) is 36.2 Å². The molecule has 0 saturated heterocycles. The third kappa shape index (κ3) is 5.00. The maximum Gasteiger partial charge on any atom is 0.338 e. The SMILES string of the molecule is CC(=O)Nc1ccc(N2C(=O)c3ccc(C(=O)OCC(=O)Nc4cc(C)ccc4C)cc3C2=O)cc1. The topological polar surface area (TPSA) is 122 Å². The Kier molecular flexibility index (Phi) is 6.64. The molecule has 1 aliphatic rings. The highest BCUT2D eigenvalue weighted by molar-refractivity contribution is 6.34. The number of amides is 4. The zero-order chi connectivity index (χ0) is 26.0. The van der Waals surface area contributed by atoms with Gasteiger partial charge in [0.15, 0.2) is 6.61 Å². The lowest BCUT2D eigenvalue weighted by molar-refractivity contribution is -0.119. The lowest BCUT2D eigenvalue weighted by Gasteiger charge is -2.14. The Morgan fingerprint density at radius 1 is 0.833 bits per heavy atom. The zero-order valence-corrected chi connectivity index (χ0v) is 19.9. The summed E-state index contributed by atoms with van der Waals surface area (Å²) < 4.78 is 5.12. The Hall–Kier alpha value is -4.79. The summed E-state index contributed by atoms with van der Waals surface area (Å²) in [6, 6.07) is 15.9. The van der Waals surface area contributed by atoms with Crippen LogP contribution in [0.5, 0.6) is 0 Å². The van der Waals surface area contributed by atoms with E-state index in [-0.39, 0.29) is 22.6 Å². The van der Waals surface area contributed by atoms with Crippen molar-refractivity contribution in [1.82, 2.24) is 0 Å². The minimum absolute atomic E-state index is 0.0392. The molecule has 36 heavy (non-hydrogen) atoms. The summed E-state index contributed by atoms with van der Waals surface area (Å²) in [6.07, 6.45) is 0. The first-order chi connectivity index (χ1) is 17.1. The van der Waals surface area contributed by atoms with Crippen LogP contribution in [0.25, 0.3) is 0 Å². The van der Waals surface area contributed by atoms with E-state index in [1.165, 1.54) is 37.3 Å². The van der Waals surface area contributed by atoms with Crippen molar-refractivity contribution in [3.63, 3.8) is 0 Å². The molecule has 1 aliphatic heterocycles. The molecule has 0 radical (unpaired) electrons. The molecule has 3 aromatic carbocycles. The Labute approximate surface area is 207 Å². The number of hydrogen-bond acceptors (Lipinski definition) is 6. The van der Waals surface area contributed by atoms with Gasteiger partial charge in [-0.05, 0) is 73.5 Å². The van der Waals surface area contributed by atoms with E-state index in [1.54, 1.807) is 12.1 Å². The van der Waals surface area contributed by atoms with Gasteiger partial charge in [-0.15, -0.1) is 0 Å². The number of rotatable bonds is 6. The summed E-state index contributed by atoms with van der Waals surface area (Å²) in [7, 11) is 0. The Morgan fingerprint density at radius 3 is 2.22 bits per heavy atom. The first kappa shape index (κ1) is 24.3. The molecule has 0 fully saturated rings. The van der Waals surface area contributed by atoms with Crippen LogP contribution in [0, 0.1) is 13.8 Å². The molecule has 2 N–H and O–H groups in total. The minimum atomic E-state index is -0.799. The number of aryl methyl sites for hydroxylation is 2. The van der Waals surface area contributed by atoms with Gasteiger partial charge in [0, 0.05) is 18.3 Å². The predicted octanol–water partition coefficient (Wildman–Crippen LogP) is 3.86. The number of carbonyl (C=O) groups is 5. The number of esters is 1. The average Bonchev–Trinajstić information content (AvgIpc) is 3.09. The number of fused-ring (bicyclic) bond motifs is 1. The maximum absolute atomic E-state index is 13.0.